The molecule has 22 nitrogen and oxygen atoms in total. The lowest BCUT2D eigenvalue weighted by Crippen LogP contribution is -2.03. The molecule has 8 N–H and O–H groups in total. The van der Waals surface area contributed by atoms with Crippen LogP contribution in [-0.2, 0) is 0 Å². The van der Waals surface area contributed by atoms with Crippen LogP contribution in [0.25, 0.3) is 0 Å². The lowest BCUT2D eigenvalue weighted by molar-refractivity contribution is 0.111. The second-order valence-electron chi connectivity index (χ2n) is 39.2. The van der Waals surface area contributed by atoms with Gasteiger partial charge in [-0.2, -0.15) is 0 Å². The highest BCUT2D eigenvalue weighted by Crippen LogP contribution is 2.46. The first kappa shape index (κ1) is 120. The third kappa shape index (κ3) is 48.9. The van der Waals surface area contributed by atoms with E-state index in [1.165, 1.54) is 343 Å². The fourth-order valence-electron chi connectivity index (χ4n) is 17.6. The van der Waals surface area contributed by atoms with Crippen molar-refractivity contribution in [1.29, 1.82) is 0 Å². The Labute approximate surface area is 864 Å². The molecule has 0 amide bonds. The third-order valence-corrected chi connectivity index (χ3v) is 26.7. The van der Waals surface area contributed by atoms with Gasteiger partial charge in [-0.1, -0.05) is 388 Å². The Balaban J connectivity index is 1.27. The Morgan fingerprint density at radius 2 is 0.278 bits per heavy atom. The Morgan fingerprint density at radius 3 is 0.403 bits per heavy atom. The highest BCUT2D eigenvalue weighted by molar-refractivity contribution is 5.97. The van der Waals surface area contributed by atoms with Crippen LogP contribution >= 0.6 is 0 Å². The molecule has 144 heavy (non-hydrogen) atoms. The van der Waals surface area contributed by atoms with E-state index in [0.29, 0.717) is 86.7 Å². The van der Waals surface area contributed by atoms with Crippen LogP contribution in [0.3, 0.4) is 0 Å². The molecule has 794 valence electrons. The van der Waals surface area contributed by atoms with E-state index in [9.17, 15) is 50.4 Å². The molecule has 0 atom stereocenters. The van der Waals surface area contributed by atoms with Gasteiger partial charge in [0.1, 0.15) is 46.0 Å². The summed E-state index contributed by atoms with van der Waals surface area (Å²) in [5.74, 6) is 0.372. The van der Waals surface area contributed by atoms with Crippen LogP contribution in [0.4, 0.5) is 34.1 Å². The Morgan fingerprint density at radius 1 is 0.167 bits per heavy atom. The lowest BCUT2D eigenvalue weighted by atomic mass is 10.1. The number of aromatic hydroxyl groups is 8. The van der Waals surface area contributed by atoms with Gasteiger partial charge in [0.25, 0.3) is 0 Å². The number of phenols is 8. The normalized spacial score (nSPS) is 11.8. The first-order chi connectivity index (χ1) is 70.5. The number of rotatable bonds is 86. The highest BCUT2D eigenvalue weighted by atomic mass is 16.5. The van der Waals surface area contributed by atoms with E-state index in [1.54, 1.807) is 36.4 Å². The van der Waals surface area contributed by atoms with Crippen molar-refractivity contribution in [2.45, 2.75) is 427 Å². The summed E-state index contributed by atoms with van der Waals surface area (Å²) in [4.78, 5) is 53.0. The molecule has 0 unspecified atom stereocenters. The molecule has 0 bridgehead atoms. The average Bonchev–Trinajstić information content (AvgIpc) is 0.817. The number of hydrogen-bond donors (Lipinski definition) is 8. The molecule has 0 fully saturated rings. The molecule has 0 radical (unpaired) electrons. The molecule has 7 aromatic rings. The zero-order valence-electron chi connectivity index (χ0n) is 88.9. The van der Waals surface area contributed by atoms with Crippen LogP contribution in [0.15, 0.2) is 115 Å². The fourth-order valence-corrected chi connectivity index (χ4v) is 17.6. The maximum absolute atomic E-state index is 12.1. The van der Waals surface area contributed by atoms with Crippen molar-refractivity contribution in [3.05, 3.63) is 129 Å². The number of ether oxygens (including phenoxy) is 6. The van der Waals surface area contributed by atoms with E-state index in [-0.39, 0.29) is 125 Å². The van der Waals surface area contributed by atoms with Gasteiger partial charge in [-0.3, -0.25) is 39.5 Å². The van der Waals surface area contributed by atoms with E-state index in [2.05, 4.69) is 41.5 Å². The summed E-state index contributed by atoms with van der Waals surface area (Å²) >= 11 is 0. The van der Waals surface area contributed by atoms with Crippen molar-refractivity contribution < 1.29 is 78.9 Å². The molecule has 0 aliphatic carbocycles. The van der Waals surface area contributed by atoms with Gasteiger partial charge in [-0.05, 0) is 87.1 Å². The van der Waals surface area contributed by atoms with Gasteiger partial charge in [-0.15, -0.1) is 0 Å². The van der Waals surface area contributed by atoms with Crippen LogP contribution in [0, 0.1) is 0 Å². The minimum Gasteiger partial charge on any atom is -0.507 e. The number of nitrogens with zero attached hydrogens (tertiary/aromatic N) is 6. The number of unbranched alkanes of at least 4 members (excludes halogenated alkanes) is 54. The van der Waals surface area contributed by atoms with Gasteiger partial charge >= 0.3 is 0 Å². The average molecular weight is 1990 g/mol. The maximum atomic E-state index is 12.1. The van der Waals surface area contributed by atoms with Crippen molar-refractivity contribution >= 4 is 84.0 Å². The van der Waals surface area contributed by atoms with Gasteiger partial charge in [0.05, 0.1) is 84.9 Å². The van der Waals surface area contributed by atoms with E-state index in [1.807, 2.05) is 0 Å². The molecule has 7 rings (SSSR count). The predicted molar refractivity (Wildman–Crippen MR) is 597 cm³/mol. The minimum absolute atomic E-state index is 0.0867. The zero-order chi connectivity index (χ0) is 103. The van der Waals surface area contributed by atoms with E-state index < -0.39 is 0 Å². The summed E-state index contributed by atoms with van der Waals surface area (Å²) in [7, 11) is 0. The van der Waals surface area contributed by atoms with Gasteiger partial charge in [0.2, 0.25) is 0 Å². The summed E-state index contributed by atoms with van der Waals surface area (Å²) in [5, 5.41) is 91.9. The monoisotopic (exact) mass is 1990 g/mol. The lowest BCUT2D eigenvalue weighted by Gasteiger charge is -2.15. The number of aliphatic imine (C=N–C) groups is 6. The van der Waals surface area contributed by atoms with E-state index >= 15 is 0 Å². The van der Waals surface area contributed by atoms with Crippen molar-refractivity contribution in [2.75, 3.05) is 39.6 Å². The highest BCUT2D eigenvalue weighted by Gasteiger charge is 2.21. The number of aldehydes is 2. The molecule has 0 aliphatic heterocycles. The molecule has 0 aliphatic rings. The summed E-state index contributed by atoms with van der Waals surface area (Å²) in [5.41, 5.74) is 2.33. The molecule has 0 heterocycles. The van der Waals surface area contributed by atoms with Crippen molar-refractivity contribution in [3.63, 3.8) is 0 Å². The first-order valence-electron chi connectivity index (χ1n) is 56.2. The summed E-state index contributed by atoms with van der Waals surface area (Å²) < 4.78 is 39.7. The molecular weight excluding hydrogens is 1810 g/mol. The Kier molecular flexibility index (Phi) is 63.2. The zero-order valence-corrected chi connectivity index (χ0v) is 88.9. The molecule has 0 saturated heterocycles. The summed E-state index contributed by atoms with van der Waals surface area (Å²) in [6, 6.07) is 20.8. The van der Waals surface area contributed by atoms with Gasteiger partial charge in [0, 0.05) is 107 Å². The second-order valence-corrected chi connectivity index (χ2v) is 39.2. The van der Waals surface area contributed by atoms with E-state index in [0.717, 1.165) is 128 Å². The number of carbonyl (C=O) groups excluding carboxylic acids is 2. The van der Waals surface area contributed by atoms with E-state index in [4.69, 9.17) is 58.4 Å². The van der Waals surface area contributed by atoms with Crippen LogP contribution in [0.2, 0.25) is 0 Å². The number of phenolic OH excluding ortho intramolecular Hbond substituents is 8. The predicted octanol–water partition coefficient (Wildman–Crippen LogP) is 35.3. The Hall–Kier alpha value is -10.9. The van der Waals surface area contributed by atoms with Crippen molar-refractivity contribution in [3.8, 4) is 80.5 Å². The molecular formula is C122H180N6O16. The standard InChI is InChI=1S/C122H180N6O16/c1-7-13-19-25-31-37-43-49-55-61-67-139-117-81-103(123-87-95-73-111(133)97(75-109(95)131)89-125-105-83-119(141-69-63-57-51-45-39-33-27-21-15-9-3)121(143-71-65-59-53-47-41-35-29-23-17-11-5)85-107(105)127-91-99-77-115(137)101(93-129)79-113(99)135)104(82-118(117)140-68-62-56-50-44-38-32-26-20-14-8-2)124-88-96-74-112(134)98(76-110(96)132)90-126-106-84-120(142-70-64-58-52-46-40-34-28-22-16-10-4)122(144-72-66-60-54-48-42-36-30-24-18-12-6)86-108(106)128-92-100-78-116(138)102(94-130)80-114(100)136/h73-94,131-138H,7-72H2,1-6H3. The van der Waals surface area contributed by atoms with Crippen LogP contribution in [-0.4, -0.2) is 130 Å². The van der Waals surface area contributed by atoms with Crippen LogP contribution < -0.4 is 28.4 Å². The van der Waals surface area contributed by atoms with Crippen LogP contribution in [0.5, 0.6) is 80.5 Å². The molecule has 22 heteroatoms. The van der Waals surface area contributed by atoms with Crippen molar-refractivity contribution in [2.24, 2.45) is 30.0 Å². The van der Waals surface area contributed by atoms with Gasteiger partial charge in [0.15, 0.2) is 47.1 Å². The summed E-state index contributed by atoms with van der Waals surface area (Å²) in [6.45, 7) is 15.9. The number of benzene rings is 7. The SMILES string of the molecule is CCCCCCCCCCCCOc1cc(N=Cc2cc(O)c(C=O)cc2O)c(N=Cc2cc(O)c(C=Nc3cc(OCCCCCCCCCCCC)c(OCCCCCCCCCCCC)cc3N=Cc3cc(O)c(C=Nc4cc(OCCCCCCCCCCCC)c(OCCCCCCCCCCCC)cc4N=Cc4cc(O)c(C=O)cc4O)cc3O)cc2O)cc1OCCCCCCCCCCCC. The van der Waals surface area contributed by atoms with Crippen molar-refractivity contribution in [1.82, 2.24) is 0 Å². The third-order valence-electron chi connectivity index (χ3n) is 26.7. The number of carbonyl (C=O) groups is 2. The first-order valence-corrected chi connectivity index (χ1v) is 56.2. The van der Waals surface area contributed by atoms with Gasteiger partial charge < -0.3 is 69.3 Å². The topological polar surface area (TPSA) is 326 Å². The number of hydrogen-bond acceptors (Lipinski definition) is 22. The Bertz CT molecular complexity index is 4620. The largest absolute Gasteiger partial charge is 0.507 e. The fraction of sp³-hybridized carbons (Fsp3) is 0.590. The molecule has 7 aromatic carbocycles. The smallest absolute Gasteiger partial charge is 0.163 e. The second kappa shape index (κ2) is 75.8. The molecule has 0 aromatic heterocycles. The quantitative estimate of drug-likeness (QED) is 0.00760. The minimum atomic E-state index is -0.336. The molecule has 0 spiro atoms. The van der Waals surface area contributed by atoms with Gasteiger partial charge in [-0.25, -0.2) is 0 Å². The van der Waals surface area contributed by atoms with Crippen LogP contribution in [0.1, 0.15) is 481 Å². The summed E-state index contributed by atoms with van der Waals surface area (Å²) in [6.07, 6.45) is 78.7. The maximum Gasteiger partial charge on any atom is 0.163 e. The molecule has 0 saturated carbocycles.